The normalized spacial score (nSPS) is 9.69. The monoisotopic (exact) mass is 259 g/mol. The summed E-state index contributed by atoms with van der Waals surface area (Å²) in [6, 6.07) is 5.37. The average molecular weight is 260 g/mol. The van der Waals surface area contributed by atoms with E-state index in [-0.39, 0.29) is 12.4 Å². The van der Waals surface area contributed by atoms with Crippen molar-refractivity contribution < 1.29 is 9.47 Å². The molecule has 1 aromatic carbocycles. The summed E-state index contributed by atoms with van der Waals surface area (Å²) in [5.41, 5.74) is 0.792. The van der Waals surface area contributed by atoms with Gasteiger partial charge in [-0.3, -0.25) is 4.98 Å². The van der Waals surface area contributed by atoms with Crippen molar-refractivity contribution in [1.82, 2.24) is 4.98 Å². The van der Waals surface area contributed by atoms with Crippen molar-refractivity contribution in [2.75, 3.05) is 14.2 Å². The summed E-state index contributed by atoms with van der Waals surface area (Å²) in [5.74, 6) is 1.31. The molecule has 0 radical (unpaired) electrons. The number of halogens is 2. The molecule has 0 saturated heterocycles. The zero-order valence-corrected chi connectivity index (χ0v) is 10.4. The number of hydrogen-bond acceptors (Lipinski definition) is 3. The Morgan fingerprint density at radius 3 is 2.38 bits per heavy atom. The highest BCUT2D eigenvalue weighted by molar-refractivity contribution is 6.35. The summed E-state index contributed by atoms with van der Waals surface area (Å²) >= 11 is 6.05. The van der Waals surface area contributed by atoms with Gasteiger partial charge < -0.3 is 9.47 Å². The van der Waals surface area contributed by atoms with E-state index in [4.69, 9.17) is 21.1 Å². The fraction of sp³-hybridized carbons (Fsp3) is 0.182. The lowest BCUT2D eigenvalue weighted by atomic mass is 10.2. The second kappa shape index (κ2) is 5.23. The Morgan fingerprint density at radius 2 is 1.75 bits per heavy atom. The maximum absolute atomic E-state index is 6.05. The number of ether oxygens (including phenoxy) is 2. The maximum atomic E-state index is 6.05. The molecule has 0 aliphatic rings. The van der Waals surface area contributed by atoms with E-state index in [0.717, 1.165) is 10.9 Å². The van der Waals surface area contributed by atoms with Crippen LogP contribution >= 0.6 is 24.0 Å². The summed E-state index contributed by atoms with van der Waals surface area (Å²) in [5, 5.41) is 1.51. The predicted molar refractivity (Wildman–Crippen MR) is 67.1 cm³/mol. The smallest absolute Gasteiger partial charge is 0.162 e. The molecule has 1 heterocycles. The van der Waals surface area contributed by atoms with Gasteiger partial charge in [0.1, 0.15) is 0 Å². The Balaban J connectivity index is 0.00000128. The molecule has 0 N–H and O–H groups in total. The lowest BCUT2D eigenvalue weighted by Crippen LogP contribution is -1.91. The molecule has 0 aliphatic heterocycles. The molecule has 0 bridgehead atoms. The maximum Gasteiger partial charge on any atom is 0.162 e. The highest BCUT2D eigenvalue weighted by Gasteiger charge is 2.08. The quantitative estimate of drug-likeness (QED) is 0.829. The number of fused-ring (bicyclic) bond motifs is 1. The standard InChI is InChI=1S/C11H10ClNO2.ClH/c1-14-10-5-7-8(12)3-4-13-9(7)6-11(10)15-2;/h3-6H,1-2H3;1H. The zero-order valence-electron chi connectivity index (χ0n) is 8.86. The molecule has 3 nitrogen and oxygen atoms in total. The Bertz CT molecular complexity index is 503. The van der Waals surface area contributed by atoms with Crippen LogP contribution in [0.2, 0.25) is 5.02 Å². The molecule has 86 valence electrons. The molecular formula is C11H11Cl2NO2. The van der Waals surface area contributed by atoms with Crippen molar-refractivity contribution >= 4 is 34.9 Å². The predicted octanol–water partition coefficient (Wildman–Crippen LogP) is 3.33. The Morgan fingerprint density at radius 1 is 1.12 bits per heavy atom. The fourth-order valence-electron chi connectivity index (χ4n) is 1.44. The number of nitrogens with zero attached hydrogens (tertiary/aromatic N) is 1. The van der Waals surface area contributed by atoms with Crippen LogP contribution in [0.5, 0.6) is 11.5 Å². The van der Waals surface area contributed by atoms with Crippen molar-refractivity contribution in [3.8, 4) is 11.5 Å². The Kier molecular flexibility index (Phi) is 4.21. The number of aromatic nitrogens is 1. The van der Waals surface area contributed by atoms with Gasteiger partial charge >= 0.3 is 0 Å². The molecule has 0 saturated carbocycles. The van der Waals surface area contributed by atoms with Crippen molar-refractivity contribution in [1.29, 1.82) is 0 Å². The minimum atomic E-state index is 0. The van der Waals surface area contributed by atoms with Gasteiger partial charge in [-0.05, 0) is 12.1 Å². The van der Waals surface area contributed by atoms with E-state index in [1.807, 2.05) is 6.07 Å². The van der Waals surface area contributed by atoms with Gasteiger partial charge in [0.25, 0.3) is 0 Å². The highest BCUT2D eigenvalue weighted by Crippen LogP contribution is 2.33. The summed E-state index contributed by atoms with van der Waals surface area (Å²) in [6.45, 7) is 0. The SMILES string of the molecule is COc1cc2nccc(Cl)c2cc1OC.Cl. The average Bonchev–Trinajstić information content (AvgIpc) is 2.28. The van der Waals surface area contributed by atoms with E-state index in [1.165, 1.54) is 0 Å². The first kappa shape index (κ1) is 12.9. The minimum Gasteiger partial charge on any atom is -0.493 e. The van der Waals surface area contributed by atoms with Gasteiger partial charge in [-0.15, -0.1) is 12.4 Å². The second-order valence-electron chi connectivity index (χ2n) is 3.02. The van der Waals surface area contributed by atoms with Crippen LogP contribution < -0.4 is 9.47 Å². The van der Waals surface area contributed by atoms with E-state index in [2.05, 4.69) is 4.98 Å². The topological polar surface area (TPSA) is 31.4 Å². The summed E-state index contributed by atoms with van der Waals surface area (Å²) in [7, 11) is 3.18. The molecule has 0 atom stereocenters. The van der Waals surface area contributed by atoms with Gasteiger partial charge in [0, 0.05) is 17.6 Å². The van der Waals surface area contributed by atoms with Crippen molar-refractivity contribution in [2.24, 2.45) is 0 Å². The molecular weight excluding hydrogens is 249 g/mol. The first-order valence-electron chi connectivity index (χ1n) is 4.42. The summed E-state index contributed by atoms with van der Waals surface area (Å²) < 4.78 is 10.4. The van der Waals surface area contributed by atoms with E-state index < -0.39 is 0 Å². The third-order valence-electron chi connectivity index (χ3n) is 2.19. The Labute approximate surface area is 105 Å². The van der Waals surface area contributed by atoms with E-state index in [0.29, 0.717) is 16.5 Å². The number of methoxy groups -OCH3 is 2. The van der Waals surface area contributed by atoms with E-state index in [1.54, 1.807) is 32.5 Å². The van der Waals surface area contributed by atoms with E-state index in [9.17, 15) is 0 Å². The largest absolute Gasteiger partial charge is 0.493 e. The lowest BCUT2D eigenvalue weighted by molar-refractivity contribution is 0.356. The molecule has 0 fully saturated rings. The van der Waals surface area contributed by atoms with Crippen LogP contribution in [0.3, 0.4) is 0 Å². The minimum absolute atomic E-state index is 0. The highest BCUT2D eigenvalue weighted by atomic mass is 35.5. The van der Waals surface area contributed by atoms with Crippen molar-refractivity contribution in [3.63, 3.8) is 0 Å². The lowest BCUT2D eigenvalue weighted by Gasteiger charge is -2.09. The third kappa shape index (κ3) is 2.15. The van der Waals surface area contributed by atoms with Gasteiger partial charge in [0.05, 0.1) is 24.8 Å². The third-order valence-corrected chi connectivity index (χ3v) is 2.52. The van der Waals surface area contributed by atoms with Gasteiger partial charge in [-0.25, -0.2) is 0 Å². The van der Waals surface area contributed by atoms with Gasteiger partial charge in [-0.2, -0.15) is 0 Å². The fourth-order valence-corrected chi connectivity index (χ4v) is 1.65. The molecule has 0 spiro atoms. The molecule has 2 rings (SSSR count). The van der Waals surface area contributed by atoms with Crippen LogP contribution in [0.1, 0.15) is 0 Å². The van der Waals surface area contributed by atoms with Gasteiger partial charge in [0.2, 0.25) is 0 Å². The van der Waals surface area contributed by atoms with Crippen LogP contribution in [0.4, 0.5) is 0 Å². The molecule has 1 aromatic heterocycles. The molecule has 16 heavy (non-hydrogen) atoms. The second-order valence-corrected chi connectivity index (χ2v) is 3.42. The van der Waals surface area contributed by atoms with E-state index >= 15 is 0 Å². The Hall–Kier alpha value is -1.19. The van der Waals surface area contributed by atoms with Crippen LogP contribution in [-0.4, -0.2) is 19.2 Å². The zero-order chi connectivity index (χ0) is 10.8. The van der Waals surface area contributed by atoms with Crippen molar-refractivity contribution in [2.45, 2.75) is 0 Å². The van der Waals surface area contributed by atoms with Crippen LogP contribution in [0.15, 0.2) is 24.4 Å². The molecule has 0 amide bonds. The number of benzene rings is 1. The molecule has 0 aliphatic carbocycles. The van der Waals surface area contributed by atoms with Gasteiger partial charge in [-0.1, -0.05) is 11.6 Å². The summed E-state index contributed by atoms with van der Waals surface area (Å²) in [4.78, 5) is 4.21. The van der Waals surface area contributed by atoms with Crippen LogP contribution in [0, 0.1) is 0 Å². The molecule has 2 aromatic rings. The number of pyridine rings is 1. The van der Waals surface area contributed by atoms with Crippen LogP contribution in [-0.2, 0) is 0 Å². The number of hydrogen-bond donors (Lipinski definition) is 0. The number of rotatable bonds is 2. The first-order valence-corrected chi connectivity index (χ1v) is 4.80. The first-order chi connectivity index (χ1) is 7.26. The molecule has 0 unspecified atom stereocenters. The summed E-state index contributed by atoms with van der Waals surface area (Å²) in [6.07, 6.45) is 1.66. The van der Waals surface area contributed by atoms with Crippen LogP contribution in [0.25, 0.3) is 10.9 Å². The molecule has 5 heteroatoms. The van der Waals surface area contributed by atoms with Gasteiger partial charge in [0.15, 0.2) is 11.5 Å². The van der Waals surface area contributed by atoms with Crippen molar-refractivity contribution in [3.05, 3.63) is 29.4 Å².